The molecule has 0 spiro atoms. The predicted molar refractivity (Wildman–Crippen MR) is 99.9 cm³/mol. The van der Waals surface area contributed by atoms with Gasteiger partial charge in [-0.1, -0.05) is 17.8 Å². The van der Waals surface area contributed by atoms with Gasteiger partial charge < -0.3 is 10.1 Å². The fourth-order valence-electron chi connectivity index (χ4n) is 2.78. The van der Waals surface area contributed by atoms with Crippen LogP contribution in [0.1, 0.15) is 18.5 Å². The molecule has 0 radical (unpaired) electrons. The first kappa shape index (κ1) is 18.7. The molecule has 0 aliphatic carbocycles. The predicted octanol–water partition coefficient (Wildman–Crippen LogP) is 1.56. The maximum Gasteiger partial charge on any atom is 0.230 e. The van der Waals surface area contributed by atoms with E-state index in [-0.39, 0.29) is 17.8 Å². The lowest BCUT2D eigenvalue weighted by Crippen LogP contribution is -2.25. The number of ether oxygens (including phenoxy) is 1. The Morgan fingerprint density at radius 2 is 2.38 bits per heavy atom. The summed E-state index contributed by atoms with van der Waals surface area (Å²) in [7, 11) is 1.90. The first-order chi connectivity index (χ1) is 12.6. The van der Waals surface area contributed by atoms with Gasteiger partial charge in [0.25, 0.3) is 0 Å². The monoisotopic (exact) mass is 376 g/mol. The summed E-state index contributed by atoms with van der Waals surface area (Å²) < 4.78 is 9.61. The fourth-order valence-corrected chi connectivity index (χ4v) is 3.56. The van der Waals surface area contributed by atoms with Gasteiger partial charge in [-0.25, -0.2) is 0 Å². The standard InChI is InChI=1S/C17H24N6O2S/c1-4-7-18-15(24)11-26-17-20-19-16(14-9-12(2)22(3)21-14)23(17)10-13-6-5-8-25-13/h4,9,13H,1,5-8,10-11H2,2-3H3,(H,18,24). The Balaban J connectivity index is 1.81. The molecule has 0 bridgehead atoms. The van der Waals surface area contributed by atoms with E-state index in [9.17, 15) is 4.79 Å². The van der Waals surface area contributed by atoms with Crippen molar-refractivity contribution in [2.24, 2.45) is 7.05 Å². The highest BCUT2D eigenvalue weighted by Crippen LogP contribution is 2.26. The first-order valence-corrected chi connectivity index (χ1v) is 9.63. The molecule has 9 heteroatoms. The van der Waals surface area contributed by atoms with E-state index < -0.39 is 0 Å². The molecule has 3 rings (SSSR count). The summed E-state index contributed by atoms with van der Waals surface area (Å²) >= 11 is 1.37. The number of carbonyl (C=O) groups excluding carboxylic acids is 1. The van der Waals surface area contributed by atoms with Crippen LogP contribution in [0.4, 0.5) is 0 Å². The minimum absolute atomic E-state index is 0.0585. The normalized spacial score (nSPS) is 16.8. The number of rotatable bonds is 8. The van der Waals surface area contributed by atoms with Crippen molar-refractivity contribution in [3.05, 3.63) is 24.4 Å². The number of amides is 1. The van der Waals surface area contributed by atoms with E-state index in [1.807, 2.05) is 29.3 Å². The summed E-state index contributed by atoms with van der Waals surface area (Å²) in [6.07, 6.45) is 3.88. The van der Waals surface area contributed by atoms with Crippen molar-refractivity contribution in [2.45, 2.75) is 37.6 Å². The summed E-state index contributed by atoms with van der Waals surface area (Å²) in [4.78, 5) is 11.9. The second-order valence-electron chi connectivity index (χ2n) is 6.23. The van der Waals surface area contributed by atoms with Gasteiger partial charge in [0.2, 0.25) is 5.91 Å². The highest BCUT2D eigenvalue weighted by atomic mass is 32.2. The zero-order valence-electron chi connectivity index (χ0n) is 15.1. The van der Waals surface area contributed by atoms with Crippen LogP contribution in [-0.4, -0.2) is 55.5 Å². The number of carbonyl (C=O) groups is 1. The van der Waals surface area contributed by atoms with Gasteiger partial charge in [-0.3, -0.25) is 14.0 Å². The van der Waals surface area contributed by atoms with Gasteiger partial charge in [0.1, 0.15) is 5.69 Å². The minimum Gasteiger partial charge on any atom is -0.376 e. The Morgan fingerprint density at radius 1 is 1.54 bits per heavy atom. The number of nitrogens with zero attached hydrogens (tertiary/aromatic N) is 5. The Kier molecular flexibility index (Phi) is 6.10. The summed E-state index contributed by atoms with van der Waals surface area (Å²) in [5.41, 5.74) is 1.82. The van der Waals surface area contributed by atoms with Gasteiger partial charge in [-0.2, -0.15) is 5.10 Å². The van der Waals surface area contributed by atoms with Crippen molar-refractivity contribution in [2.75, 3.05) is 18.9 Å². The van der Waals surface area contributed by atoms with Crippen molar-refractivity contribution < 1.29 is 9.53 Å². The summed E-state index contributed by atoms with van der Waals surface area (Å²) in [5, 5.41) is 16.6. The van der Waals surface area contributed by atoms with Crippen LogP contribution in [-0.2, 0) is 23.1 Å². The van der Waals surface area contributed by atoms with E-state index in [0.29, 0.717) is 24.1 Å². The van der Waals surface area contributed by atoms with Gasteiger partial charge in [0, 0.05) is 25.9 Å². The highest BCUT2D eigenvalue weighted by molar-refractivity contribution is 7.99. The topological polar surface area (TPSA) is 86.9 Å². The molecule has 1 amide bonds. The van der Waals surface area contributed by atoms with Crippen LogP contribution >= 0.6 is 11.8 Å². The number of hydrogen-bond donors (Lipinski definition) is 1. The maximum absolute atomic E-state index is 11.9. The largest absolute Gasteiger partial charge is 0.376 e. The van der Waals surface area contributed by atoms with Crippen molar-refractivity contribution in [3.63, 3.8) is 0 Å². The second kappa shape index (κ2) is 8.50. The molecule has 0 aromatic carbocycles. The quantitative estimate of drug-likeness (QED) is 0.556. The molecule has 3 heterocycles. The van der Waals surface area contributed by atoms with Crippen molar-refractivity contribution in [1.29, 1.82) is 0 Å². The van der Waals surface area contributed by atoms with Crippen molar-refractivity contribution in [1.82, 2.24) is 29.9 Å². The number of nitrogens with one attached hydrogen (secondary N) is 1. The van der Waals surface area contributed by atoms with Gasteiger partial charge in [-0.15, -0.1) is 16.8 Å². The molecular formula is C17H24N6O2S. The molecule has 1 unspecified atom stereocenters. The fraction of sp³-hybridized carbons (Fsp3) is 0.529. The molecular weight excluding hydrogens is 352 g/mol. The molecule has 1 aliphatic rings. The second-order valence-corrected chi connectivity index (χ2v) is 7.17. The van der Waals surface area contributed by atoms with E-state index in [2.05, 4.69) is 27.2 Å². The molecule has 2 aromatic rings. The third kappa shape index (κ3) is 4.34. The smallest absolute Gasteiger partial charge is 0.230 e. The van der Waals surface area contributed by atoms with Crippen LogP contribution in [0.3, 0.4) is 0 Å². The molecule has 8 nitrogen and oxygen atoms in total. The summed E-state index contributed by atoms with van der Waals surface area (Å²) in [6.45, 7) is 7.50. The molecule has 26 heavy (non-hydrogen) atoms. The SMILES string of the molecule is C=CCNC(=O)CSc1nnc(-c2cc(C)n(C)n2)n1CC1CCCO1. The van der Waals surface area contributed by atoms with Crippen LogP contribution in [0.5, 0.6) is 0 Å². The average Bonchev–Trinajstić information content (AvgIpc) is 3.34. The summed E-state index contributed by atoms with van der Waals surface area (Å²) in [5.74, 6) is 0.925. The number of aryl methyl sites for hydroxylation is 2. The van der Waals surface area contributed by atoms with E-state index in [0.717, 1.165) is 30.8 Å². The number of hydrogen-bond acceptors (Lipinski definition) is 6. The molecule has 1 N–H and O–H groups in total. The third-order valence-electron chi connectivity index (χ3n) is 4.25. The summed E-state index contributed by atoms with van der Waals surface area (Å²) in [6, 6.07) is 1.99. The lowest BCUT2D eigenvalue weighted by Gasteiger charge is -2.13. The van der Waals surface area contributed by atoms with E-state index in [4.69, 9.17) is 4.74 Å². The Morgan fingerprint density at radius 3 is 3.04 bits per heavy atom. The molecule has 0 saturated carbocycles. The van der Waals surface area contributed by atoms with E-state index in [1.54, 1.807) is 6.08 Å². The van der Waals surface area contributed by atoms with Crippen molar-refractivity contribution in [3.8, 4) is 11.5 Å². The van der Waals surface area contributed by atoms with E-state index >= 15 is 0 Å². The first-order valence-electron chi connectivity index (χ1n) is 8.64. The number of aromatic nitrogens is 5. The molecule has 1 fully saturated rings. The Labute approximate surface area is 157 Å². The van der Waals surface area contributed by atoms with Gasteiger partial charge in [0.05, 0.1) is 18.4 Å². The zero-order valence-corrected chi connectivity index (χ0v) is 16.0. The van der Waals surface area contributed by atoms with Crippen molar-refractivity contribution >= 4 is 17.7 Å². The van der Waals surface area contributed by atoms with Crippen LogP contribution in [0.25, 0.3) is 11.5 Å². The van der Waals surface area contributed by atoms with Crippen LogP contribution in [0, 0.1) is 6.92 Å². The Hall–Kier alpha value is -2.13. The van der Waals surface area contributed by atoms with Gasteiger partial charge >= 0.3 is 0 Å². The molecule has 1 saturated heterocycles. The van der Waals surface area contributed by atoms with Gasteiger partial charge in [0.15, 0.2) is 11.0 Å². The number of thioether (sulfide) groups is 1. The highest BCUT2D eigenvalue weighted by Gasteiger charge is 2.23. The van der Waals surface area contributed by atoms with Gasteiger partial charge in [-0.05, 0) is 25.8 Å². The lowest BCUT2D eigenvalue weighted by molar-refractivity contribution is -0.118. The van der Waals surface area contributed by atoms with Crippen LogP contribution in [0.2, 0.25) is 0 Å². The molecule has 2 aromatic heterocycles. The maximum atomic E-state index is 11.9. The van der Waals surface area contributed by atoms with Crippen LogP contribution in [0.15, 0.2) is 23.9 Å². The molecule has 140 valence electrons. The third-order valence-corrected chi connectivity index (χ3v) is 5.21. The molecule has 1 atom stereocenters. The zero-order chi connectivity index (χ0) is 18.5. The molecule has 1 aliphatic heterocycles. The average molecular weight is 376 g/mol. The lowest BCUT2D eigenvalue weighted by atomic mass is 10.2. The minimum atomic E-state index is -0.0585. The Bertz CT molecular complexity index is 759. The van der Waals surface area contributed by atoms with E-state index in [1.165, 1.54) is 11.8 Å². The van der Waals surface area contributed by atoms with Crippen LogP contribution < -0.4 is 5.32 Å².